The number of aliphatic hydroxyl groups is 1. The van der Waals surface area contributed by atoms with Crippen molar-refractivity contribution in [1.82, 2.24) is 10.3 Å². The number of aromatic nitrogens is 1. The number of nitrogens with one attached hydrogen (secondary N) is 2. The minimum atomic E-state index is -0.967. The standard InChI is InChI=1S/C25H28ClN3O2/c26-18-7-12-21-22(14-15-27-23(21)16-18)28-19-8-10-20(11-9-19)29-25(31)24(30)13-6-17-4-2-1-3-5-17/h1-5,7,12,14-16,19-20,24,30H,6,8-11,13H2,(H,27,28)(H,29,31). The number of rotatable bonds is 7. The van der Waals surface area contributed by atoms with Gasteiger partial charge in [0, 0.05) is 34.4 Å². The summed E-state index contributed by atoms with van der Waals surface area (Å²) in [5.41, 5.74) is 3.07. The normalized spacial score (nSPS) is 19.7. The molecule has 0 radical (unpaired) electrons. The highest BCUT2D eigenvalue weighted by molar-refractivity contribution is 6.31. The van der Waals surface area contributed by atoms with Crippen LogP contribution in [0.5, 0.6) is 0 Å². The number of amides is 1. The fraction of sp³-hybridized carbons (Fsp3) is 0.360. The number of fused-ring (bicyclic) bond motifs is 1. The summed E-state index contributed by atoms with van der Waals surface area (Å²) in [6.07, 6.45) is 5.66. The Labute approximate surface area is 187 Å². The minimum Gasteiger partial charge on any atom is -0.383 e. The first-order valence-corrected chi connectivity index (χ1v) is 11.3. The number of hydrogen-bond donors (Lipinski definition) is 3. The number of nitrogens with zero attached hydrogens (tertiary/aromatic N) is 1. The Balaban J connectivity index is 1.25. The first kappa shape index (κ1) is 21.6. The molecular weight excluding hydrogens is 410 g/mol. The van der Waals surface area contributed by atoms with Gasteiger partial charge in [-0.3, -0.25) is 9.78 Å². The second-order valence-electron chi connectivity index (χ2n) is 8.26. The van der Waals surface area contributed by atoms with Crippen LogP contribution in [0.3, 0.4) is 0 Å². The Hall–Kier alpha value is -2.63. The lowest BCUT2D eigenvalue weighted by molar-refractivity contribution is -0.130. The second kappa shape index (κ2) is 10.1. The summed E-state index contributed by atoms with van der Waals surface area (Å²) in [4.78, 5) is 16.8. The molecular formula is C25H28ClN3O2. The Morgan fingerprint density at radius 3 is 2.58 bits per heavy atom. The molecule has 1 fully saturated rings. The summed E-state index contributed by atoms with van der Waals surface area (Å²) in [6.45, 7) is 0. The second-order valence-corrected chi connectivity index (χ2v) is 8.70. The number of aryl methyl sites for hydroxylation is 1. The molecule has 6 heteroatoms. The van der Waals surface area contributed by atoms with Gasteiger partial charge in [0.15, 0.2) is 0 Å². The molecule has 31 heavy (non-hydrogen) atoms. The van der Waals surface area contributed by atoms with Crippen LogP contribution in [0.4, 0.5) is 5.69 Å². The van der Waals surface area contributed by atoms with E-state index in [0.29, 0.717) is 23.9 Å². The lowest BCUT2D eigenvalue weighted by Crippen LogP contribution is -2.44. The first-order valence-electron chi connectivity index (χ1n) is 10.9. The van der Waals surface area contributed by atoms with Gasteiger partial charge in [0.2, 0.25) is 5.91 Å². The molecule has 0 spiro atoms. The number of aliphatic hydroxyl groups excluding tert-OH is 1. The van der Waals surface area contributed by atoms with E-state index in [1.165, 1.54) is 0 Å². The molecule has 1 amide bonds. The van der Waals surface area contributed by atoms with Gasteiger partial charge in [0.05, 0.1) is 5.52 Å². The van der Waals surface area contributed by atoms with Crippen molar-refractivity contribution in [3.63, 3.8) is 0 Å². The van der Waals surface area contributed by atoms with E-state index in [1.807, 2.05) is 54.6 Å². The third-order valence-corrected chi connectivity index (χ3v) is 6.22. The maximum atomic E-state index is 12.4. The molecule has 3 N–H and O–H groups in total. The smallest absolute Gasteiger partial charge is 0.249 e. The summed E-state index contributed by atoms with van der Waals surface area (Å²) < 4.78 is 0. The Morgan fingerprint density at radius 2 is 1.81 bits per heavy atom. The summed E-state index contributed by atoms with van der Waals surface area (Å²) in [6, 6.07) is 18.1. The largest absolute Gasteiger partial charge is 0.383 e. The van der Waals surface area contributed by atoms with Crippen LogP contribution >= 0.6 is 11.6 Å². The van der Waals surface area contributed by atoms with E-state index >= 15 is 0 Å². The number of benzene rings is 2. The number of anilines is 1. The van der Waals surface area contributed by atoms with Crippen LogP contribution in [0, 0.1) is 0 Å². The molecule has 5 nitrogen and oxygen atoms in total. The van der Waals surface area contributed by atoms with Gasteiger partial charge in [-0.05, 0) is 68.4 Å². The van der Waals surface area contributed by atoms with Crippen molar-refractivity contribution in [2.45, 2.75) is 56.7 Å². The van der Waals surface area contributed by atoms with Crippen LogP contribution < -0.4 is 10.6 Å². The van der Waals surface area contributed by atoms with E-state index in [1.54, 1.807) is 6.20 Å². The maximum absolute atomic E-state index is 12.4. The van der Waals surface area contributed by atoms with Gasteiger partial charge in [-0.2, -0.15) is 0 Å². The molecule has 1 aliphatic rings. The molecule has 162 valence electrons. The van der Waals surface area contributed by atoms with E-state index in [0.717, 1.165) is 47.8 Å². The molecule has 1 saturated carbocycles. The Bertz CT molecular complexity index is 1020. The highest BCUT2D eigenvalue weighted by atomic mass is 35.5. The molecule has 1 unspecified atom stereocenters. The predicted octanol–water partition coefficient (Wildman–Crippen LogP) is 4.72. The van der Waals surface area contributed by atoms with Crippen molar-refractivity contribution in [2.75, 3.05) is 5.32 Å². The summed E-state index contributed by atoms with van der Waals surface area (Å²) >= 11 is 6.08. The van der Waals surface area contributed by atoms with Crippen LogP contribution in [0.15, 0.2) is 60.8 Å². The monoisotopic (exact) mass is 437 g/mol. The van der Waals surface area contributed by atoms with E-state index in [9.17, 15) is 9.90 Å². The van der Waals surface area contributed by atoms with Crippen molar-refractivity contribution in [1.29, 1.82) is 0 Å². The van der Waals surface area contributed by atoms with Gasteiger partial charge in [0.1, 0.15) is 6.10 Å². The van der Waals surface area contributed by atoms with Gasteiger partial charge in [-0.25, -0.2) is 0 Å². The van der Waals surface area contributed by atoms with Gasteiger partial charge >= 0.3 is 0 Å². The molecule has 0 aliphatic heterocycles. The first-order chi connectivity index (χ1) is 15.1. The van der Waals surface area contributed by atoms with E-state index in [2.05, 4.69) is 15.6 Å². The van der Waals surface area contributed by atoms with Crippen LogP contribution in [-0.4, -0.2) is 34.2 Å². The number of hydrogen-bond acceptors (Lipinski definition) is 4. The Morgan fingerprint density at radius 1 is 1.06 bits per heavy atom. The fourth-order valence-electron chi connectivity index (χ4n) is 4.23. The van der Waals surface area contributed by atoms with Gasteiger partial charge in [-0.15, -0.1) is 0 Å². The van der Waals surface area contributed by atoms with Crippen molar-refractivity contribution in [3.05, 3.63) is 71.4 Å². The fourth-order valence-corrected chi connectivity index (χ4v) is 4.39. The van der Waals surface area contributed by atoms with E-state index in [-0.39, 0.29) is 11.9 Å². The molecule has 3 aromatic rings. The molecule has 1 aromatic heterocycles. The maximum Gasteiger partial charge on any atom is 0.249 e. The number of carbonyl (C=O) groups is 1. The third-order valence-electron chi connectivity index (χ3n) is 5.99. The molecule has 0 saturated heterocycles. The molecule has 0 bridgehead atoms. The van der Waals surface area contributed by atoms with Crippen molar-refractivity contribution in [3.8, 4) is 0 Å². The predicted molar refractivity (Wildman–Crippen MR) is 125 cm³/mol. The lowest BCUT2D eigenvalue weighted by atomic mass is 9.90. The van der Waals surface area contributed by atoms with Crippen molar-refractivity contribution in [2.24, 2.45) is 0 Å². The lowest BCUT2D eigenvalue weighted by Gasteiger charge is -2.31. The minimum absolute atomic E-state index is 0.116. The average molecular weight is 438 g/mol. The summed E-state index contributed by atoms with van der Waals surface area (Å²) in [7, 11) is 0. The van der Waals surface area contributed by atoms with Crippen LogP contribution in [0.1, 0.15) is 37.7 Å². The molecule has 1 aliphatic carbocycles. The molecule has 1 heterocycles. The van der Waals surface area contributed by atoms with Crippen LogP contribution in [-0.2, 0) is 11.2 Å². The topological polar surface area (TPSA) is 74.2 Å². The van der Waals surface area contributed by atoms with Crippen LogP contribution in [0.25, 0.3) is 10.9 Å². The quantitative estimate of drug-likeness (QED) is 0.500. The van der Waals surface area contributed by atoms with Gasteiger partial charge < -0.3 is 15.7 Å². The third kappa shape index (κ3) is 5.75. The van der Waals surface area contributed by atoms with Gasteiger partial charge in [0.25, 0.3) is 0 Å². The highest BCUT2D eigenvalue weighted by Gasteiger charge is 2.25. The summed E-state index contributed by atoms with van der Waals surface area (Å²) in [5.74, 6) is -0.260. The van der Waals surface area contributed by atoms with Crippen molar-refractivity contribution >= 4 is 34.1 Å². The highest BCUT2D eigenvalue weighted by Crippen LogP contribution is 2.28. The van der Waals surface area contributed by atoms with Crippen LogP contribution in [0.2, 0.25) is 5.02 Å². The van der Waals surface area contributed by atoms with Gasteiger partial charge in [-0.1, -0.05) is 41.9 Å². The summed E-state index contributed by atoms with van der Waals surface area (Å²) in [5, 5.41) is 18.6. The zero-order valence-corrected chi connectivity index (χ0v) is 18.2. The zero-order valence-electron chi connectivity index (χ0n) is 17.4. The molecule has 4 rings (SSSR count). The zero-order chi connectivity index (χ0) is 21.6. The Kier molecular flexibility index (Phi) is 7.05. The SMILES string of the molecule is O=C(NC1CCC(Nc2ccnc3cc(Cl)ccc23)CC1)C(O)CCc1ccccc1. The molecule has 2 aromatic carbocycles. The number of carbonyl (C=O) groups excluding carboxylic acids is 1. The average Bonchev–Trinajstić information content (AvgIpc) is 2.79. The number of halogens is 1. The molecule has 1 atom stereocenters. The van der Waals surface area contributed by atoms with Crippen molar-refractivity contribution < 1.29 is 9.90 Å². The van der Waals surface area contributed by atoms with E-state index < -0.39 is 6.10 Å². The number of pyridine rings is 1. The van der Waals surface area contributed by atoms with E-state index in [4.69, 9.17) is 11.6 Å².